The number of aromatic nitrogens is 1. The van der Waals surface area contributed by atoms with Crippen molar-refractivity contribution < 1.29 is 14.0 Å². The molecule has 0 bridgehead atoms. The van der Waals surface area contributed by atoms with Crippen molar-refractivity contribution >= 4 is 11.8 Å². The van der Waals surface area contributed by atoms with Crippen LogP contribution in [0.2, 0.25) is 0 Å². The van der Waals surface area contributed by atoms with Gasteiger partial charge in [0.15, 0.2) is 0 Å². The van der Waals surface area contributed by atoms with E-state index in [1.165, 1.54) is 12.3 Å². The van der Waals surface area contributed by atoms with Gasteiger partial charge < -0.3 is 10.6 Å². The zero-order chi connectivity index (χ0) is 21.2. The predicted octanol–water partition coefficient (Wildman–Crippen LogP) is 4.40. The maximum Gasteiger partial charge on any atom is 0.253 e. The van der Waals surface area contributed by atoms with Crippen LogP contribution in [0.25, 0.3) is 11.3 Å². The molecule has 0 saturated heterocycles. The van der Waals surface area contributed by atoms with Gasteiger partial charge in [-0.05, 0) is 69.9 Å². The molecule has 1 aliphatic rings. The molecule has 1 aliphatic carbocycles. The molecule has 2 aromatic rings. The van der Waals surface area contributed by atoms with Crippen LogP contribution in [0, 0.1) is 12.7 Å². The number of nitrogens with one attached hydrogen (secondary N) is 2. The molecule has 1 aromatic heterocycles. The van der Waals surface area contributed by atoms with E-state index in [1.54, 1.807) is 25.1 Å². The molecule has 0 radical (unpaired) electrons. The van der Waals surface area contributed by atoms with E-state index in [0.29, 0.717) is 22.4 Å². The van der Waals surface area contributed by atoms with Crippen molar-refractivity contribution in [3.05, 3.63) is 53.0 Å². The van der Waals surface area contributed by atoms with Crippen LogP contribution in [0.3, 0.4) is 0 Å². The quantitative estimate of drug-likeness (QED) is 0.728. The molecule has 0 aliphatic heterocycles. The summed E-state index contributed by atoms with van der Waals surface area (Å²) in [4.78, 5) is 29.2. The number of hydrogen-bond donors (Lipinski definition) is 2. The first-order chi connectivity index (χ1) is 13.7. The van der Waals surface area contributed by atoms with E-state index in [9.17, 15) is 14.0 Å². The molecule has 3 rings (SSSR count). The Balaban J connectivity index is 1.82. The summed E-state index contributed by atoms with van der Waals surface area (Å²) in [6.45, 7) is 7.70. The summed E-state index contributed by atoms with van der Waals surface area (Å²) < 4.78 is 14.4. The summed E-state index contributed by atoms with van der Waals surface area (Å²) >= 11 is 0. The Hall–Kier alpha value is -2.76. The monoisotopic (exact) mass is 397 g/mol. The second-order valence-electron chi connectivity index (χ2n) is 8.40. The number of halogens is 1. The Bertz CT molecular complexity index is 918. The SMILES string of the molecule is CCCC(C)(C)NC(=O)c1ccc(-c2cc(C(=O)NC3CC3)cc(F)c2C)nc1. The fourth-order valence-electron chi connectivity index (χ4n) is 3.33. The van der Waals surface area contributed by atoms with E-state index in [1.807, 2.05) is 13.8 Å². The number of rotatable bonds is 7. The molecule has 5 nitrogen and oxygen atoms in total. The molecule has 1 aromatic carbocycles. The maximum absolute atomic E-state index is 14.4. The van der Waals surface area contributed by atoms with E-state index in [2.05, 4.69) is 22.5 Å². The van der Waals surface area contributed by atoms with E-state index in [-0.39, 0.29) is 29.0 Å². The molecule has 6 heteroatoms. The predicted molar refractivity (Wildman–Crippen MR) is 111 cm³/mol. The molecule has 1 fully saturated rings. The van der Waals surface area contributed by atoms with Crippen LogP contribution in [0.4, 0.5) is 4.39 Å². The second kappa shape index (κ2) is 8.31. The summed E-state index contributed by atoms with van der Waals surface area (Å²) in [6, 6.07) is 6.47. The standard InChI is InChI=1S/C23H28FN3O2/c1-5-10-23(3,4)27-22(29)15-6-9-20(25-13-15)18-11-16(12-19(24)14(18)2)21(28)26-17-7-8-17/h6,9,11-13,17H,5,7-8,10H2,1-4H3,(H,26,28)(H,27,29). The molecule has 2 amide bonds. The van der Waals surface area contributed by atoms with Gasteiger partial charge in [-0.15, -0.1) is 0 Å². The summed E-state index contributed by atoms with van der Waals surface area (Å²) in [6.07, 6.45) is 5.26. The maximum atomic E-state index is 14.4. The van der Waals surface area contributed by atoms with Gasteiger partial charge in [-0.25, -0.2) is 4.39 Å². The molecular formula is C23H28FN3O2. The van der Waals surface area contributed by atoms with Crippen LogP contribution in [-0.2, 0) is 0 Å². The van der Waals surface area contributed by atoms with Crippen molar-refractivity contribution in [1.29, 1.82) is 0 Å². The minimum absolute atomic E-state index is 0.192. The van der Waals surface area contributed by atoms with Crippen molar-refractivity contribution in [1.82, 2.24) is 15.6 Å². The van der Waals surface area contributed by atoms with Crippen LogP contribution >= 0.6 is 0 Å². The van der Waals surface area contributed by atoms with E-state index >= 15 is 0 Å². The third kappa shape index (κ3) is 5.19. The van der Waals surface area contributed by atoms with Crippen molar-refractivity contribution in [2.45, 2.75) is 65.0 Å². The van der Waals surface area contributed by atoms with Crippen LogP contribution in [0.15, 0.2) is 30.5 Å². The van der Waals surface area contributed by atoms with E-state index in [0.717, 1.165) is 25.7 Å². The lowest BCUT2D eigenvalue weighted by atomic mass is 9.98. The fraction of sp³-hybridized carbons (Fsp3) is 0.435. The van der Waals surface area contributed by atoms with Gasteiger partial charge in [0.25, 0.3) is 11.8 Å². The Morgan fingerprint density at radius 1 is 1.17 bits per heavy atom. The highest BCUT2D eigenvalue weighted by Gasteiger charge is 2.25. The average Bonchev–Trinajstić information content (AvgIpc) is 3.47. The lowest BCUT2D eigenvalue weighted by Gasteiger charge is -2.25. The Morgan fingerprint density at radius 3 is 2.48 bits per heavy atom. The molecule has 1 saturated carbocycles. The number of benzene rings is 1. The lowest BCUT2D eigenvalue weighted by Crippen LogP contribution is -2.43. The number of carbonyl (C=O) groups is 2. The second-order valence-corrected chi connectivity index (χ2v) is 8.40. The van der Waals surface area contributed by atoms with Crippen LogP contribution < -0.4 is 10.6 Å². The molecule has 0 atom stereocenters. The molecule has 0 unspecified atom stereocenters. The minimum atomic E-state index is -0.451. The highest BCUT2D eigenvalue weighted by molar-refractivity contribution is 5.96. The Labute approximate surface area is 171 Å². The van der Waals surface area contributed by atoms with Crippen molar-refractivity contribution in [2.75, 3.05) is 0 Å². The Morgan fingerprint density at radius 2 is 1.90 bits per heavy atom. The fourth-order valence-corrected chi connectivity index (χ4v) is 3.33. The number of nitrogens with zero attached hydrogens (tertiary/aromatic N) is 1. The molecule has 1 heterocycles. The number of carbonyl (C=O) groups excluding carboxylic acids is 2. The normalized spacial score (nSPS) is 13.8. The first kappa shape index (κ1) is 21.0. The average molecular weight is 397 g/mol. The summed E-state index contributed by atoms with van der Waals surface area (Å²) in [5.74, 6) is -0.918. The molecule has 29 heavy (non-hydrogen) atoms. The van der Waals surface area contributed by atoms with Crippen LogP contribution in [-0.4, -0.2) is 28.4 Å². The first-order valence-electron chi connectivity index (χ1n) is 10.1. The summed E-state index contributed by atoms with van der Waals surface area (Å²) in [5.41, 5.74) is 1.91. The van der Waals surface area contributed by atoms with Gasteiger partial charge >= 0.3 is 0 Å². The highest BCUT2D eigenvalue weighted by atomic mass is 19.1. The van der Waals surface area contributed by atoms with Crippen molar-refractivity contribution in [3.63, 3.8) is 0 Å². The van der Waals surface area contributed by atoms with Gasteiger partial charge in [0.2, 0.25) is 0 Å². The van der Waals surface area contributed by atoms with Gasteiger partial charge in [-0.2, -0.15) is 0 Å². The van der Waals surface area contributed by atoms with E-state index < -0.39 is 5.82 Å². The summed E-state index contributed by atoms with van der Waals surface area (Å²) in [5, 5.41) is 5.88. The molecule has 154 valence electrons. The number of hydrogen-bond acceptors (Lipinski definition) is 3. The van der Waals surface area contributed by atoms with Gasteiger partial charge in [0, 0.05) is 28.9 Å². The van der Waals surface area contributed by atoms with Gasteiger partial charge in [-0.1, -0.05) is 13.3 Å². The third-order valence-electron chi connectivity index (χ3n) is 5.15. The zero-order valence-corrected chi connectivity index (χ0v) is 17.4. The smallest absolute Gasteiger partial charge is 0.253 e. The molecule has 0 spiro atoms. The topological polar surface area (TPSA) is 71.1 Å². The van der Waals surface area contributed by atoms with Gasteiger partial charge in [0.1, 0.15) is 5.82 Å². The summed E-state index contributed by atoms with van der Waals surface area (Å²) in [7, 11) is 0. The minimum Gasteiger partial charge on any atom is -0.349 e. The molecule has 2 N–H and O–H groups in total. The lowest BCUT2D eigenvalue weighted by molar-refractivity contribution is 0.0907. The van der Waals surface area contributed by atoms with Crippen LogP contribution in [0.1, 0.15) is 72.7 Å². The van der Waals surface area contributed by atoms with Crippen molar-refractivity contribution in [3.8, 4) is 11.3 Å². The largest absolute Gasteiger partial charge is 0.349 e. The van der Waals surface area contributed by atoms with E-state index in [4.69, 9.17) is 0 Å². The number of amides is 2. The zero-order valence-electron chi connectivity index (χ0n) is 17.4. The van der Waals surface area contributed by atoms with Crippen molar-refractivity contribution in [2.24, 2.45) is 0 Å². The third-order valence-corrected chi connectivity index (χ3v) is 5.15. The van der Waals surface area contributed by atoms with Crippen LogP contribution in [0.5, 0.6) is 0 Å². The number of pyridine rings is 1. The highest BCUT2D eigenvalue weighted by Crippen LogP contribution is 2.27. The van der Waals surface area contributed by atoms with Gasteiger partial charge in [0.05, 0.1) is 11.3 Å². The Kier molecular flexibility index (Phi) is 6.01. The first-order valence-corrected chi connectivity index (χ1v) is 10.1. The molecular weight excluding hydrogens is 369 g/mol. The van der Waals surface area contributed by atoms with Gasteiger partial charge in [-0.3, -0.25) is 14.6 Å².